The van der Waals surface area contributed by atoms with Crippen molar-refractivity contribution in [1.29, 1.82) is 0 Å². The molecule has 0 aromatic rings. The Labute approximate surface area is 157 Å². The Morgan fingerprint density at radius 1 is 0.923 bits per heavy atom. The third-order valence-corrected chi connectivity index (χ3v) is 5.35. The Morgan fingerprint density at radius 2 is 1.46 bits per heavy atom. The van der Waals surface area contributed by atoms with Crippen molar-refractivity contribution < 1.29 is 35.0 Å². The van der Waals surface area contributed by atoms with Crippen molar-refractivity contribution >= 4 is 0 Å². The summed E-state index contributed by atoms with van der Waals surface area (Å²) in [7, 11) is 1.27. The molecular weight excluding hydrogens is 340 g/mol. The maximum absolute atomic E-state index is 10.5. The van der Waals surface area contributed by atoms with Gasteiger partial charge >= 0.3 is 0 Å². The number of hydrogen-bond donors (Lipinski definition) is 5. The Bertz CT molecular complexity index is 366. The molecule has 0 spiro atoms. The Balaban J connectivity index is 2.41. The summed E-state index contributed by atoms with van der Waals surface area (Å²) in [6, 6.07) is 0. The maximum Gasteiger partial charge on any atom is 0.224 e. The van der Waals surface area contributed by atoms with Crippen LogP contribution in [0.3, 0.4) is 0 Å². The van der Waals surface area contributed by atoms with Crippen LogP contribution < -0.4 is 0 Å². The van der Waals surface area contributed by atoms with E-state index in [-0.39, 0.29) is 0 Å². The minimum absolute atomic E-state index is 0.335. The molecule has 1 saturated heterocycles. The average Bonchev–Trinajstić information content (AvgIpc) is 2.65. The van der Waals surface area contributed by atoms with E-state index in [9.17, 15) is 25.5 Å². The van der Waals surface area contributed by atoms with Crippen LogP contribution in [0, 0.1) is 0 Å². The summed E-state index contributed by atoms with van der Waals surface area (Å²) >= 11 is 0. The van der Waals surface area contributed by atoms with E-state index in [2.05, 4.69) is 6.92 Å². The van der Waals surface area contributed by atoms with Crippen LogP contribution in [0.1, 0.15) is 71.1 Å². The van der Waals surface area contributed by atoms with Crippen LogP contribution in [-0.2, 0) is 9.47 Å². The van der Waals surface area contributed by atoms with Crippen LogP contribution in [0.2, 0.25) is 0 Å². The van der Waals surface area contributed by atoms with Crippen LogP contribution in [0.5, 0.6) is 0 Å². The molecule has 26 heavy (non-hydrogen) atoms. The van der Waals surface area contributed by atoms with E-state index in [4.69, 9.17) is 9.47 Å². The molecule has 0 amide bonds. The molecule has 7 heteroatoms. The van der Waals surface area contributed by atoms with Crippen LogP contribution >= 0.6 is 0 Å². The summed E-state index contributed by atoms with van der Waals surface area (Å²) in [6.45, 7) is 1.65. The highest BCUT2D eigenvalue weighted by atomic mass is 16.7. The molecule has 2 unspecified atom stereocenters. The molecule has 0 aliphatic carbocycles. The van der Waals surface area contributed by atoms with Crippen molar-refractivity contribution in [3.63, 3.8) is 0 Å². The highest BCUT2D eigenvalue weighted by Crippen LogP contribution is 2.35. The van der Waals surface area contributed by atoms with E-state index in [1.807, 2.05) is 0 Å². The van der Waals surface area contributed by atoms with Gasteiger partial charge in [0.15, 0.2) is 0 Å². The van der Waals surface area contributed by atoms with E-state index in [1.54, 1.807) is 0 Å². The Kier molecular flexibility index (Phi) is 11.2. The van der Waals surface area contributed by atoms with Gasteiger partial charge in [-0.1, -0.05) is 64.7 Å². The fourth-order valence-corrected chi connectivity index (χ4v) is 3.60. The lowest BCUT2D eigenvalue weighted by atomic mass is 9.87. The molecule has 6 atom stereocenters. The van der Waals surface area contributed by atoms with Gasteiger partial charge in [-0.05, 0) is 6.42 Å². The summed E-state index contributed by atoms with van der Waals surface area (Å²) in [6.07, 6.45) is 3.68. The molecule has 0 saturated carbocycles. The predicted octanol–water partition coefficient (Wildman–Crippen LogP) is 1.08. The predicted molar refractivity (Wildman–Crippen MR) is 97.6 cm³/mol. The first-order valence-corrected chi connectivity index (χ1v) is 10.0. The first-order chi connectivity index (χ1) is 12.4. The minimum Gasteiger partial charge on any atom is -0.394 e. The van der Waals surface area contributed by atoms with Crippen molar-refractivity contribution in [1.82, 2.24) is 0 Å². The monoisotopic (exact) mass is 378 g/mol. The second kappa shape index (κ2) is 12.2. The molecule has 1 aliphatic heterocycles. The molecule has 156 valence electrons. The van der Waals surface area contributed by atoms with Gasteiger partial charge in [0.2, 0.25) is 5.79 Å². The van der Waals surface area contributed by atoms with E-state index in [0.717, 1.165) is 19.3 Å². The summed E-state index contributed by atoms with van der Waals surface area (Å²) < 4.78 is 10.7. The van der Waals surface area contributed by atoms with Gasteiger partial charge in [-0.15, -0.1) is 0 Å². The quantitative estimate of drug-likeness (QED) is 0.304. The van der Waals surface area contributed by atoms with Gasteiger partial charge in [0.25, 0.3) is 0 Å². The van der Waals surface area contributed by atoms with E-state index in [1.165, 1.54) is 45.6 Å². The molecule has 0 radical (unpaired) electrons. The van der Waals surface area contributed by atoms with Gasteiger partial charge < -0.3 is 35.0 Å². The molecule has 1 fully saturated rings. The molecule has 1 heterocycles. The number of rotatable bonds is 13. The average molecular weight is 379 g/mol. The number of ether oxygens (including phenoxy) is 2. The highest BCUT2D eigenvalue weighted by molar-refractivity contribution is 5.00. The normalized spacial score (nSPS) is 33.3. The molecule has 0 bridgehead atoms. The summed E-state index contributed by atoms with van der Waals surface area (Å²) in [4.78, 5) is 0. The van der Waals surface area contributed by atoms with Gasteiger partial charge in [-0.2, -0.15) is 0 Å². The zero-order chi connectivity index (χ0) is 19.6. The number of aliphatic hydroxyl groups excluding tert-OH is 5. The standard InChI is InChI=1S/C19H38O7/c1-3-4-5-6-7-8-9-10-11-12-15(21)19(25-2)18(24)17(23)16(22)14(13-20)26-19/h14-18,20-24H,3-13H2,1-2H3/t14?,15?,16-,17+,18-,19-/m0/s1. The number of unbranched alkanes of at least 4 members (excludes halogenated alkanes) is 8. The highest BCUT2D eigenvalue weighted by Gasteiger charge is 2.57. The topological polar surface area (TPSA) is 120 Å². The van der Waals surface area contributed by atoms with Crippen molar-refractivity contribution in [3.05, 3.63) is 0 Å². The Hall–Kier alpha value is -0.280. The van der Waals surface area contributed by atoms with Gasteiger partial charge in [0, 0.05) is 7.11 Å². The number of aliphatic hydroxyl groups is 5. The first kappa shape index (κ1) is 23.8. The van der Waals surface area contributed by atoms with Gasteiger partial charge in [0.05, 0.1) is 6.61 Å². The first-order valence-electron chi connectivity index (χ1n) is 10.0. The van der Waals surface area contributed by atoms with Crippen molar-refractivity contribution in [3.8, 4) is 0 Å². The zero-order valence-electron chi connectivity index (χ0n) is 16.2. The summed E-state index contributed by atoms with van der Waals surface area (Å²) in [5, 5.41) is 50.0. The fourth-order valence-electron chi connectivity index (χ4n) is 3.60. The smallest absolute Gasteiger partial charge is 0.224 e. The van der Waals surface area contributed by atoms with Gasteiger partial charge in [0.1, 0.15) is 30.5 Å². The molecule has 5 N–H and O–H groups in total. The zero-order valence-corrected chi connectivity index (χ0v) is 16.2. The van der Waals surface area contributed by atoms with Crippen molar-refractivity contribution in [2.24, 2.45) is 0 Å². The van der Waals surface area contributed by atoms with E-state index < -0.39 is 42.9 Å². The van der Waals surface area contributed by atoms with Crippen LogP contribution in [0.15, 0.2) is 0 Å². The molecule has 1 aliphatic rings. The third-order valence-electron chi connectivity index (χ3n) is 5.35. The van der Waals surface area contributed by atoms with Crippen LogP contribution in [-0.4, -0.2) is 75.6 Å². The molecule has 7 nitrogen and oxygen atoms in total. The van der Waals surface area contributed by atoms with Crippen LogP contribution in [0.25, 0.3) is 0 Å². The third kappa shape index (κ3) is 6.12. The second-order valence-electron chi connectivity index (χ2n) is 7.32. The SMILES string of the molecule is CCCCCCCCCCCC(O)[C@]1(OC)OC(CO)[C@H](O)[C@@H](O)[C@@H]1O. The summed E-state index contributed by atoms with van der Waals surface area (Å²) in [5.74, 6) is -1.85. The van der Waals surface area contributed by atoms with E-state index in [0.29, 0.717) is 6.42 Å². The molecule has 0 aromatic carbocycles. The number of hydrogen-bond acceptors (Lipinski definition) is 7. The van der Waals surface area contributed by atoms with Gasteiger partial charge in [-0.25, -0.2) is 0 Å². The largest absolute Gasteiger partial charge is 0.394 e. The van der Waals surface area contributed by atoms with Gasteiger partial charge in [-0.3, -0.25) is 0 Å². The Morgan fingerprint density at radius 3 is 1.96 bits per heavy atom. The molecule has 1 rings (SSSR count). The fraction of sp³-hybridized carbons (Fsp3) is 1.00. The molecule has 0 aromatic heterocycles. The lowest BCUT2D eigenvalue weighted by molar-refractivity contribution is -0.384. The van der Waals surface area contributed by atoms with E-state index >= 15 is 0 Å². The van der Waals surface area contributed by atoms with Crippen molar-refractivity contribution in [2.75, 3.05) is 13.7 Å². The lowest BCUT2D eigenvalue weighted by Gasteiger charge is -2.49. The molecular formula is C19H38O7. The van der Waals surface area contributed by atoms with Crippen LogP contribution in [0.4, 0.5) is 0 Å². The van der Waals surface area contributed by atoms with Crippen molar-refractivity contribution in [2.45, 2.75) is 107 Å². The maximum atomic E-state index is 10.5. The number of methoxy groups -OCH3 is 1. The lowest BCUT2D eigenvalue weighted by Crippen LogP contribution is -2.69. The second-order valence-corrected chi connectivity index (χ2v) is 7.32. The minimum atomic E-state index is -1.85. The summed E-state index contributed by atoms with van der Waals surface area (Å²) in [5.41, 5.74) is 0.